The number of hydrogen-bond donors (Lipinski definition) is 2. The Morgan fingerprint density at radius 3 is 2.89 bits per heavy atom. The van der Waals surface area contributed by atoms with Gasteiger partial charge in [0.2, 0.25) is 0 Å². The molecular formula is C10H9BN3O5. The Bertz CT molecular complexity index is 692. The molecule has 8 nitrogen and oxygen atoms in total. The summed E-state index contributed by atoms with van der Waals surface area (Å²) in [4.78, 5) is 23.3. The zero-order valence-corrected chi connectivity index (χ0v) is 9.63. The summed E-state index contributed by atoms with van der Waals surface area (Å²) in [7, 11) is 1.59. The number of nitrogens with zero attached hydrogens (tertiary/aromatic N) is 3. The van der Waals surface area contributed by atoms with Crippen molar-refractivity contribution in [3.63, 3.8) is 0 Å². The van der Waals surface area contributed by atoms with E-state index in [1.807, 2.05) is 0 Å². The van der Waals surface area contributed by atoms with Gasteiger partial charge in [0.15, 0.2) is 13.5 Å². The van der Waals surface area contributed by atoms with E-state index >= 15 is 0 Å². The molecule has 2 aliphatic rings. The minimum Gasteiger partial charge on any atom is -0.394 e. The van der Waals surface area contributed by atoms with Gasteiger partial charge >= 0.3 is 5.69 Å². The van der Waals surface area contributed by atoms with Gasteiger partial charge in [-0.05, 0) is 0 Å². The average Bonchev–Trinajstić information content (AvgIpc) is 3.04. The number of aliphatic hydroxyl groups excluding tert-OH is 2. The molecule has 1 radical (unpaired) electrons. The maximum absolute atomic E-state index is 12.0. The fraction of sp³-hybridized carbons (Fsp3) is 0.500. The number of hydrogen-bond acceptors (Lipinski definition) is 6. The lowest BCUT2D eigenvalue weighted by Gasteiger charge is -2.20. The molecule has 97 valence electrons. The van der Waals surface area contributed by atoms with Crippen molar-refractivity contribution >= 4 is 7.28 Å². The van der Waals surface area contributed by atoms with Crippen LogP contribution in [0.5, 0.6) is 0 Å². The molecule has 0 amide bonds. The van der Waals surface area contributed by atoms with Crippen molar-refractivity contribution in [1.29, 1.82) is 5.26 Å². The van der Waals surface area contributed by atoms with Crippen LogP contribution in [0.15, 0.2) is 21.9 Å². The number of rotatable bonds is 2. The largest absolute Gasteiger partial charge is 0.394 e. The molecule has 2 aliphatic heterocycles. The van der Waals surface area contributed by atoms with Gasteiger partial charge in [0, 0.05) is 18.1 Å². The summed E-state index contributed by atoms with van der Waals surface area (Å²) in [5, 5.41) is 27.7. The smallest absolute Gasteiger partial charge is 0.346 e. The minimum absolute atomic E-state index is 0.375. The van der Waals surface area contributed by atoms with Crippen LogP contribution in [-0.4, -0.2) is 45.4 Å². The van der Waals surface area contributed by atoms with E-state index in [-0.39, 0.29) is 6.61 Å². The van der Waals surface area contributed by atoms with E-state index in [2.05, 4.69) is 0 Å². The van der Waals surface area contributed by atoms with Crippen LogP contribution in [0.2, 0.25) is 5.82 Å². The second-order valence-corrected chi connectivity index (χ2v) is 4.52. The van der Waals surface area contributed by atoms with E-state index in [4.69, 9.17) is 15.1 Å². The first-order valence-corrected chi connectivity index (χ1v) is 5.63. The van der Waals surface area contributed by atoms with Crippen LogP contribution in [0, 0.1) is 11.5 Å². The maximum atomic E-state index is 12.0. The molecule has 0 unspecified atom stereocenters. The highest BCUT2D eigenvalue weighted by atomic mass is 16.6. The predicted molar refractivity (Wildman–Crippen MR) is 61.4 cm³/mol. The molecule has 0 spiro atoms. The number of aliphatic hydroxyl groups is 2. The maximum Gasteiger partial charge on any atom is 0.346 e. The number of ether oxygens (including phenoxy) is 1. The molecule has 2 N–H and O–H groups in total. The average molecular weight is 262 g/mol. The lowest BCUT2D eigenvalue weighted by molar-refractivity contribution is -0.0629. The van der Waals surface area contributed by atoms with Crippen molar-refractivity contribution < 1.29 is 14.9 Å². The fourth-order valence-electron chi connectivity index (χ4n) is 2.49. The molecule has 2 saturated heterocycles. The van der Waals surface area contributed by atoms with Crippen molar-refractivity contribution in [3.8, 4) is 6.19 Å². The highest BCUT2D eigenvalue weighted by Crippen LogP contribution is 2.56. The van der Waals surface area contributed by atoms with Crippen molar-refractivity contribution in [2.45, 2.75) is 23.6 Å². The Kier molecular flexibility index (Phi) is 2.43. The molecular weight excluding hydrogens is 253 g/mol. The molecule has 1 aromatic rings. The van der Waals surface area contributed by atoms with Gasteiger partial charge in [-0.25, -0.2) is 4.79 Å². The Labute approximate surface area is 107 Å². The van der Waals surface area contributed by atoms with Gasteiger partial charge < -0.3 is 14.9 Å². The van der Waals surface area contributed by atoms with Gasteiger partial charge in [0.25, 0.3) is 5.56 Å². The number of fused-ring (bicyclic) bond motifs is 1. The summed E-state index contributed by atoms with van der Waals surface area (Å²) in [5.74, 6) is -0.438. The zero-order valence-electron chi connectivity index (χ0n) is 9.63. The van der Waals surface area contributed by atoms with Crippen LogP contribution in [0.3, 0.4) is 0 Å². The fourth-order valence-corrected chi connectivity index (χ4v) is 2.49. The highest BCUT2D eigenvalue weighted by molar-refractivity contribution is 6.55. The molecule has 2 fully saturated rings. The zero-order chi connectivity index (χ0) is 13.8. The normalized spacial score (nSPS) is 35.3. The van der Waals surface area contributed by atoms with Gasteiger partial charge in [-0.2, -0.15) is 9.83 Å². The third-order valence-electron chi connectivity index (χ3n) is 3.52. The molecule has 0 bridgehead atoms. The monoisotopic (exact) mass is 262 g/mol. The summed E-state index contributed by atoms with van der Waals surface area (Å²) >= 11 is 0. The molecule has 3 heterocycles. The highest BCUT2D eigenvalue weighted by Gasteiger charge is 2.69. The summed E-state index contributed by atoms with van der Waals surface area (Å²) in [5.41, 5.74) is -2.73. The third-order valence-corrected chi connectivity index (χ3v) is 3.52. The van der Waals surface area contributed by atoms with Crippen molar-refractivity contribution in [2.24, 2.45) is 0 Å². The first kappa shape index (κ1) is 12.2. The Balaban J connectivity index is 2.10. The summed E-state index contributed by atoms with van der Waals surface area (Å²) in [6.07, 6.45) is 1.01. The van der Waals surface area contributed by atoms with Crippen LogP contribution >= 0.6 is 0 Å². The van der Waals surface area contributed by atoms with Crippen LogP contribution < -0.4 is 11.2 Å². The van der Waals surface area contributed by atoms with E-state index in [9.17, 15) is 14.7 Å². The van der Waals surface area contributed by atoms with Gasteiger partial charge in [-0.3, -0.25) is 9.36 Å². The van der Waals surface area contributed by atoms with E-state index < -0.39 is 34.9 Å². The van der Waals surface area contributed by atoms with E-state index in [1.165, 1.54) is 12.4 Å². The predicted octanol–water partition coefficient (Wildman–Crippen LogP) is -2.79. The molecule has 19 heavy (non-hydrogen) atoms. The molecule has 4 atom stereocenters. The van der Waals surface area contributed by atoms with Gasteiger partial charge in [0.1, 0.15) is 11.7 Å². The Hall–Kier alpha value is -1.89. The quantitative estimate of drug-likeness (QED) is 0.556. The molecule has 3 rings (SSSR count). The van der Waals surface area contributed by atoms with Crippen molar-refractivity contribution in [2.75, 3.05) is 6.61 Å². The van der Waals surface area contributed by atoms with Gasteiger partial charge in [0.05, 0.1) is 12.7 Å². The lowest BCUT2D eigenvalue weighted by Crippen LogP contribution is -2.43. The van der Waals surface area contributed by atoms with E-state index in [1.54, 1.807) is 7.28 Å². The van der Waals surface area contributed by atoms with Crippen LogP contribution in [-0.2, 0) is 10.4 Å². The molecule has 9 heteroatoms. The minimum atomic E-state index is -1.17. The topological polar surface area (TPSA) is 117 Å². The summed E-state index contributed by atoms with van der Waals surface area (Å²) in [6, 6.07) is 1.07. The third kappa shape index (κ3) is 1.45. The second kappa shape index (κ2) is 3.80. The number of aromatic nitrogens is 2. The molecule has 1 aromatic heterocycles. The SMILES string of the molecule is N#Cn1c(=O)ccn([C@@]23[B][C@@H]2[C@H](O)[C@@H](CO)O3)c1=O. The second-order valence-electron chi connectivity index (χ2n) is 4.52. The van der Waals surface area contributed by atoms with Gasteiger partial charge in [-0.15, -0.1) is 0 Å². The Morgan fingerprint density at radius 1 is 1.58 bits per heavy atom. The van der Waals surface area contributed by atoms with Crippen LogP contribution in [0.4, 0.5) is 0 Å². The molecule has 0 aromatic carbocycles. The van der Waals surface area contributed by atoms with Crippen LogP contribution in [0.25, 0.3) is 0 Å². The van der Waals surface area contributed by atoms with Crippen molar-refractivity contribution in [1.82, 2.24) is 9.13 Å². The summed E-state index contributed by atoms with van der Waals surface area (Å²) in [6.45, 7) is -0.375. The van der Waals surface area contributed by atoms with Gasteiger partial charge in [-0.1, -0.05) is 0 Å². The number of nitriles is 1. The summed E-state index contributed by atoms with van der Waals surface area (Å²) < 4.78 is 6.96. The van der Waals surface area contributed by atoms with Crippen LogP contribution in [0.1, 0.15) is 0 Å². The van der Waals surface area contributed by atoms with E-state index in [0.717, 1.165) is 10.6 Å². The first-order valence-electron chi connectivity index (χ1n) is 5.63. The molecule has 0 saturated carbocycles. The molecule has 0 aliphatic carbocycles. The Morgan fingerprint density at radius 2 is 2.32 bits per heavy atom. The van der Waals surface area contributed by atoms with E-state index in [0.29, 0.717) is 4.57 Å². The lowest BCUT2D eigenvalue weighted by atomic mass is 9.93. The van der Waals surface area contributed by atoms with Crippen molar-refractivity contribution in [3.05, 3.63) is 33.1 Å². The standard InChI is InChI=1S/C10H9BN3O5/c12-4-13-6(16)1-2-14(9(13)18)10-8(11-10)7(17)5(3-15)19-10/h1-2,5,7-8,15,17H,3H2/t5-,7-,8-,10+/m1/s1. The first-order chi connectivity index (χ1) is 9.05.